The third-order valence-electron chi connectivity index (χ3n) is 4.59. The van der Waals surface area contributed by atoms with Gasteiger partial charge >= 0.3 is 5.97 Å². The van der Waals surface area contributed by atoms with Crippen LogP contribution in [0.1, 0.15) is 25.8 Å². The van der Waals surface area contributed by atoms with Crippen LogP contribution in [-0.4, -0.2) is 41.5 Å². The normalized spacial score (nSPS) is 21.0. The monoisotopic (exact) mass is 328 g/mol. The highest BCUT2D eigenvalue weighted by atomic mass is 16.5. The number of H-pyrrole nitrogens is 1. The van der Waals surface area contributed by atoms with Gasteiger partial charge in [0.15, 0.2) is 6.61 Å². The molecule has 1 N–H and O–H groups in total. The minimum Gasteiger partial charge on any atom is -0.455 e. The fourth-order valence-electron chi connectivity index (χ4n) is 3.58. The molecule has 1 amide bonds. The summed E-state index contributed by atoms with van der Waals surface area (Å²) in [6, 6.07) is 7.82. The second kappa shape index (κ2) is 7.07. The van der Waals surface area contributed by atoms with Crippen molar-refractivity contribution in [1.29, 1.82) is 0 Å². The summed E-state index contributed by atoms with van der Waals surface area (Å²) in [7, 11) is 0. The first-order chi connectivity index (χ1) is 11.5. The van der Waals surface area contributed by atoms with Crippen molar-refractivity contribution in [2.24, 2.45) is 11.8 Å². The topological polar surface area (TPSA) is 62.4 Å². The average molecular weight is 328 g/mol. The highest BCUT2D eigenvalue weighted by molar-refractivity contribution is 5.88. The molecule has 5 nitrogen and oxygen atoms in total. The first-order valence-corrected chi connectivity index (χ1v) is 8.51. The Bertz CT molecular complexity index is 727. The molecule has 5 heteroatoms. The van der Waals surface area contributed by atoms with E-state index in [1.54, 1.807) is 0 Å². The molecule has 1 saturated heterocycles. The molecule has 0 saturated carbocycles. The quantitative estimate of drug-likeness (QED) is 0.878. The van der Waals surface area contributed by atoms with Crippen molar-refractivity contribution >= 4 is 22.8 Å². The van der Waals surface area contributed by atoms with Crippen molar-refractivity contribution in [2.45, 2.75) is 26.7 Å². The van der Waals surface area contributed by atoms with E-state index in [1.165, 1.54) is 0 Å². The number of aromatic amines is 1. The van der Waals surface area contributed by atoms with Crippen molar-refractivity contribution in [3.8, 4) is 0 Å². The third-order valence-corrected chi connectivity index (χ3v) is 4.59. The van der Waals surface area contributed by atoms with Crippen LogP contribution in [0.5, 0.6) is 0 Å². The Labute approximate surface area is 142 Å². The van der Waals surface area contributed by atoms with Crippen LogP contribution < -0.4 is 0 Å². The molecule has 2 atom stereocenters. The van der Waals surface area contributed by atoms with E-state index in [-0.39, 0.29) is 24.9 Å². The number of hydrogen-bond donors (Lipinski definition) is 1. The molecule has 2 aromatic rings. The molecule has 1 aliphatic rings. The standard InChI is InChI=1S/C19H24N2O3/c1-13-7-14(2)11-21(10-13)18(22)12-24-19(23)8-15-9-20-17-6-4-3-5-16(15)17/h3-6,9,13-14,20H,7-8,10-12H2,1-2H3/t13-,14-/m1/s1. The first-order valence-electron chi connectivity index (χ1n) is 8.51. The van der Waals surface area contributed by atoms with Crippen LogP contribution >= 0.6 is 0 Å². The summed E-state index contributed by atoms with van der Waals surface area (Å²) in [4.78, 5) is 29.3. The van der Waals surface area contributed by atoms with Gasteiger partial charge in [-0.1, -0.05) is 32.0 Å². The molecule has 2 heterocycles. The number of ether oxygens (including phenoxy) is 1. The smallest absolute Gasteiger partial charge is 0.310 e. The van der Waals surface area contributed by atoms with E-state index in [0.29, 0.717) is 11.8 Å². The number of likely N-dealkylation sites (tertiary alicyclic amines) is 1. The predicted molar refractivity (Wildman–Crippen MR) is 92.5 cm³/mol. The molecule has 0 unspecified atom stereocenters. The summed E-state index contributed by atoms with van der Waals surface area (Å²) in [5.74, 6) is 0.533. The van der Waals surface area contributed by atoms with Crippen molar-refractivity contribution in [3.63, 3.8) is 0 Å². The number of fused-ring (bicyclic) bond motifs is 1. The zero-order chi connectivity index (χ0) is 17.1. The van der Waals surface area contributed by atoms with E-state index < -0.39 is 0 Å². The zero-order valence-electron chi connectivity index (χ0n) is 14.2. The number of amides is 1. The largest absolute Gasteiger partial charge is 0.455 e. The molecule has 24 heavy (non-hydrogen) atoms. The van der Waals surface area contributed by atoms with Crippen molar-refractivity contribution in [1.82, 2.24) is 9.88 Å². The predicted octanol–water partition coefficient (Wildman–Crippen LogP) is 2.76. The lowest BCUT2D eigenvalue weighted by molar-refractivity contribution is -0.152. The molecule has 128 valence electrons. The maximum absolute atomic E-state index is 12.3. The minimum absolute atomic E-state index is 0.0966. The fraction of sp³-hybridized carbons (Fsp3) is 0.474. The van der Waals surface area contributed by atoms with Gasteiger partial charge in [0.25, 0.3) is 5.91 Å². The number of nitrogens with zero attached hydrogens (tertiary/aromatic N) is 1. The van der Waals surface area contributed by atoms with Gasteiger partial charge < -0.3 is 14.6 Å². The van der Waals surface area contributed by atoms with Gasteiger partial charge in [-0.3, -0.25) is 9.59 Å². The van der Waals surface area contributed by atoms with E-state index in [1.807, 2.05) is 35.4 Å². The molecule has 0 aliphatic carbocycles. The average Bonchev–Trinajstić information content (AvgIpc) is 2.95. The van der Waals surface area contributed by atoms with Gasteiger partial charge in [0, 0.05) is 30.2 Å². The van der Waals surface area contributed by atoms with Crippen molar-refractivity contribution in [3.05, 3.63) is 36.0 Å². The SMILES string of the molecule is C[C@@H]1C[C@@H](C)CN(C(=O)COC(=O)Cc2c[nH]c3ccccc23)C1. The molecule has 0 spiro atoms. The molecule has 1 aromatic carbocycles. The maximum Gasteiger partial charge on any atom is 0.310 e. The van der Waals surface area contributed by atoms with Crippen LogP contribution in [0.3, 0.4) is 0 Å². The van der Waals surface area contributed by atoms with Crippen molar-refractivity contribution in [2.75, 3.05) is 19.7 Å². The highest BCUT2D eigenvalue weighted by Crippen LogP contribution is 2.21. The van der Waals surface area contributed by atoms with Gasteiger partial charge in [0.2, 0.25) is 0 Å². The van der Waals surface area contributed by atoms with E-state index in [2.05, 4.69) is 18.8 Å². The summed E-state index contributed by atoms with van der Waals surface area (Å²) < 4.78 is 5.21. The Morgan fingerprint density at radius 3 is 2.67 bits per heavy atom. The summed E-state index contributed by atoms with van der Waals surface area (Å²) in [5, 5.41) is 1.01. The van der Waals surface area contributed by atoms with Gasteiger partial charge in [-0.15, -0.1) is 0 Å². The Morgan fingerprint density at radius 1 is 1.21 bits per heavy atom. The summed E-state index contributed by atoms with van der Waals surface area (Å²) in [6.07, 6.45) is 3.13. The number of nitrogens with one attached hydrogen (secondary N) is 1. The summed E-state index contributed by atoms with van der Waals surface area (Å²) in [6.45, 7) is 5.64. The van der Waals surface area contributed by atoms with Gasteiger partial charge in [-0.25, -0.2) is 0 Å². The molecule has 3 rings (SSSR count). The van der Waals surface area contributed by atoms with E-state index in [0.717, 1.165) is 36.0 Å². The van der Waals surface area contributed by atoms with E-state index in [4.69, 9.17) is 4.74 Å². The lowest BCUT2D eigenvalue weighted by Gasteiger charge is -2.34. The molecule has 1 fully saturated rings. The Morgan fingerprint density at radius 2 is 1.92 bits per heavy atom. The van der Waals surface area contributed by atoms with Gasteiger partial charge in [-0.2, -0.15) is 0 Å². The van der Waals surface area contributed by atoms with Crippen molar-refractivity contribution < 1.29 is 14.3 Å². The Kier molecular flexibility index (Phi) is 4.88. The van der Waals surface area contributed by atoms with Crippen LogP contribution in [0.4, 0.5) is 0 Å². The van der Waals surface area contributed by atoms with Crippen LogP contribution in [0, 0.1) is 11.8 Å². The lowest BCUT2D eigenvalue weighted by atomic mass is 9.92. The third kappa shape index (κ3) is 3.78. The summed E-state index contributed by atoms with van der Waals surface area (Å²) >= 11 is 0. The van der Waals surface area contributed by atoms with E-state index >= 15 is 0 Å². The maximum atomic E-state index is 12.3. The van der Waals surface area contributed by atoms with E-state index in [9.17, 15) is 9.59 Å². The Hall–Kier alpha value is -2.30. The number of carbonyl (C=O) groups excluding carboxylic acids is 2. The highest BCUT2D eigenvalue weighted by Gasteiger charge is 2.26. The fourth-order valence-corrected chi connectivity index (χ4v) is 3.58. The molecule has 1 aromatic heterocycles. The number of hydrogen-bond acceptors (Lipinski definition) is 3. The molecule has 1 aliphatic heterocycles. The number of benzene rings is 1. The molecule has 0 bridgehead atoms. The lowest BCUT2D eigenvalue weighted by Crippen LogP contribution is -2.44. The van der Waals surface area contributed by atoms with Gasteiger partial charge in [-0.05, 0) is 29.9 Å². The van der Waals surface area contributed by atoms with Crippen LogP contribution in [0.15, 0.2) is 30.5 Å². The first kappa shape index (κ1) is 16.6. The van der Waals surface area contributed by atoms with Crippen LogP contribution in [-0.2, 0) is 20.7 Å². The molecule has 0 radical (unpaired) electrons. The number of piperidine rings is 1. The number of rotatable bonds is 4. The minimum atomic E-state index is -0.369. The van der Waals surface area contributed by atoms with Crippen LogP contribution in [0.25, 0.3) is 10.9 Å². The summed E-state index contributed by atoms with van der Waals surface area (Å²) in [5.41, 5.74) is 1.89. The number of aromatic nitrogens is 1. The van der Waals surface area contributed by atoms with Gasteiger partial charge in [0.05, 0.1) is 6.42 Å². The van der Waals surface area contributed by atoms with Gasteiger partial charge in [0.1, 0.15) is 0 Å². The second-order valence-corrected chi connectivity index (χ2v) is 6.94. The second-order valence-electron chi connectivity index (χ2n) is 6.94. The number of esters is 1. The van der Waals surface area contributed by atoms with Crippen LogP contribution in [0.2, 0.25) is 0 Å². The molecular formula is C19H24N2O3. The molecular weight excluding hydrogens is 304 g/mol. The number of para-hydroxylation sites is 1. The number of carbonyl (C=O) groups is 2. The Balaban J connectivity index is 1.53. The zero-order valence-corrected chi connectivity index (χ0v) is 14.2.